The SMILES string of the molecule is Ic1ccc(N2CCCC(NC3CC3)C2)cc1. The summed E-state index contributed by atoms with van der Waals surface area (Å²) < 4.78 is 1.32. The second-order valence-corrected chi connectivity index (χ2v) is 6.45. The highest BCUT2D eigenvalue weighted by molar-refractivity contribution is 14.1. The van der Waals surface area contributed by atoms with Gasteiger partial charge in [-0.3, -0.25) is 0 Å². The summed E-state index contributed by atoms with van der Waals surface area (Å²) >= 11 is 2.36. The van der Waals surface area contributed by atoms with Gasteiger partial charge in [-0.25, -0.2) is 0 Å². The summed E-state index contributed by atoms with van der Waals surface area (Å²) in [5.74, 6) is 0. The van der Waals surface area contributed by atoms with E-state index in [9.17, 15) is 0 Å². The van der Waals surface area contributed by atoms with Crippen LogP contribution in [0.25, 0.3) is 0 Å². The van der Waals surface area contributed by atoms with Gasteiger partial charge >= 0.3 is 0 Å². The van der Waals surface area contributed by atoms with E-state index < -0.39 is 0 Å². The fourth-order valence-corrected chi connectivity index (χ4v) is 2.94. The van der Waals surface area contributed by atoms with Crippen LogP contribution in [0, 0.1) is 3.57 Å². The third-order valence-electron chi connectivity index (χ3n) is 3.66. The van der Waals surface area contributed by atoms with Crippen LogP contribution in [0.15, 0.2) is 24.3 Å². The van der Waals surface area contributed by atoms with E-state index in [2.05, 4.69) is 57.1 Å². The number of benzene rings is 1. The molecule has 1 unspecified atom stereocenters. The van der Waals surface area contributed by atoms with Gasteiger partial charge in [0.15, 0.2) is 0 Å². The van der Waals surface area contributed by atoms with E-state index in [0.717, 1.165) is 6.04 Å². The zero-order valence-corrected chi connectivity index (χ0v) is 12.2. The number of halogens is 1. The first-order chi connectivity index (χ1) is 8.31. The molecule has 1 atom stereocenters. The minimum Gasteiger partial charge on any atom is -0.370 e. The van der Waals surface area contributed by atoms with Crippen molar-refractivity contribution in [2.75, 3.05) is 18.0 Å². The Morgan fingerprint density at radius 3 is 2.53 bits per heavy atom. The highest BCUT2D eigenvalue weighted by Gasteiger charge is 2.27. The summed E-state index contributed by atoms with van der Waals surface area (Å²) in [7, 11) is 0. The second kappa shape index (κ2) is 5.14. The number of nitrogens with one attached hydrogen (secondary N) is 1. The van der Waals surface area contributed by atoms with Gasteiger partial charge in [0.2, 0.25) is 0 Å². The monoisotopic (exact) mass is 342 g/mol. The predicted molar refractivity (Wildman–Crippen MR) is 80.6 cm³/mol. The number of hydrogen-bond acceptors (Lipinski definition) is 2. The molecule has 1 N–H and O–H groups in total. The second-order valence-electron chi connectivity index (χ2n) is 5.20. The van der Waals surface area contributed by atoms with Gasteiger partial charge in [0.05, 0.1) is 0 Å². The van der Waals surface area contributed by atoms with Crippen LogP contribution in [-0.2, 0) is 0 Å². The van der Waals surface area contributed by atoms with E-state index in [1.807, 2.05) is 0 Å². The van der Waals surface area contributed by atoms with Gasteiger partial charge in [-0.1, -0.05) is 0 Å². The number of rotatable bonds is 3. The molecular weight excluding hydrogens is 323 g/mol. The lowest BCUT2D eigenvalue weighted by atomic mass is 10.0. The smallest absolute Gasteiger partial charge is 0.0367 e. The molecule has 1 heterocycles. The van der Waals surface area contributed by atoms with E-state index in [4.69, 9.17) is 0 Å². The molecule has 0 bridgehead atoms. The number of hydrogen-bond donors (Lipinski definition) is 1. The van der Waals surface area contributed by atoms with Gasteiger partial charge in [0, 0.05) is 34.4 Å². The van der Waals surface area contributed by atoms with Crippen molar-refractivity contribution in [1.82, 2.24) is 5.32 Å². The number of piperidine rings is 1. The average Bonchev–Trinajstić information content (AvgIpc) is 3.14. The maximum absolute atomic E-state index is 3.76. The highest BCUT2D eigenvalue weighted by Crippen LogP contribution is 2.24. The van der Waals surface area contributed by atoms with Crippen molar-refractivity contribution < 1.29 is 0 Å². The fraction of sp³-hybridized carbons (Fsp3) is 0.571. The number of nitrogens with zero attached hydrogens (tertiary/aromatic N) is 1. The molecule has 3 rings (SSSR count). The van der Waals surface area contributed by atoms with E-state index in [1.165, 1.54) is 48.0 Å². The fourth-order valence-electron chi connectivity index (χ4n) is 2.58. The van der Waals surface area contributed by atoms with E-state index in [-0.39, 0.29) is 0 Å². The Balaban J connectivity index is 1.63. The molecule has 3 heteroatoms. The van der Waals surface area contributed by atoms with E-state index in [0.29, 0.717) is 6.04 Å². The van der Waals surface area contributed by atoms with Crippen molar-refractivity contribution in [2.45, 2.75) is 37.8 Å². The largest absolute Gasteiger partial charge is 0.370 e. The van der Waals surface area contributed by atoms with Crippen molar-refractivity contribution >= 4 is 28.3 Å². The average molecular weight is 342 g/mol. The molecule has 1 aromatic carbocycles. The zero-order chi connectivity index (χ0) is 11.7. The summed E-state index contributed by atoms with van der Waals surface area (Å²) in [4.78, 5) is 2.53. The van der Waals surface area contributed by atoms with Crippen LogP contribution < -0.4 is 10.2 Å². The molecule has 0 aromatic heterocycles. The number of anilines is 1. The normalized spacial score (nSPS) is 25.0. The Labute approximate surface area is 117 Å². The summed E-state index contributed by atoms with van der Waals surface area (Å²) in [5, 5.41) is 3.76. The lowest BCUT2D eigenvalue weighted by Gasteiger charge is -2.35. The minimum atomic E-state index is 0.704. The van der Waals surface area contributed by atoms with E-state index in [1.54, 1.807) is 0 Å². The quantitative estimate of drug-likeness (QED) is 0.850. The Morgan fingerprint density at radius 1 is 1.06 bits per heavy atom. The van der Waals surface area contributed by atoms with Crippen LogP contribution in [0.4, 0.5) is 5.69 Å². The third-order valence-corrected chi connectivity index (χ3v) is 4.38. The molecular formula is C14H19IN2. The van der Waals surface area contributed by atoms with Crippen LogP contribution in [-0.4, -0.2) is 25.2 Å². The van der Waals surface area contributed by atoms with Crippen molar-refractivity contribution in [1.29, 1.82) is 0 Å². The summed E-state index contributed by atoms with van der Waals surface area (Å²) in [6, 6.07) is 10.4. The highest BCUT2D eigenvalue weighted by atomic mass is 127. The van der Waals surface area contributed by atoms with Crippen LogP contribution >= 0.6 is 22.6 Å². The first-order valence-corrected chi connectivity index (χ1v) is 7.66. The van der Waals surface area contributed by atoms with Crippen LogP contribution in [0.2, 0.25) is 0 Å². The summed E-state index contributed by atoms with van der Waals surface area (Å²) in [5.41, 5.74) is 1.38. The zero-order valence-electron chi connectivity index (χ0n) is 10.0. The van der Waals surface area contributed by atoms with Crippen molar-refractivity contribution in [3.63, 3.8) is 0 Å². The van der Waals surface area contributed by atoms with Crippen molar-refractivity contribution in [2.24, 2.45) is 0 Å². The third kappa shape index (κ3) is 3.13. The molecule has 1 aliphatic heterocycles. The molecule has 2 fully saturated rings. The molecule has 0 amide bonds. The topological polar surface area (TPSA) is 15.3 Å². The summed E-state index contributed by atoms with van der Waals surface area (Å²) in [6.45, 7) is 2.39. The minimum absolute atomic E-state index is 0.704. The first-order valence-electron chi connectivity index (χ1n) is 6.58. The first kappa shape index (κ1) is 11.8. The van der Waals surface area contributed by atoms with Gasteiger partial charge in [0.1, 0.15) is 0 Å². The van der Waals surface area contributed by atoms with Gasteiger partial charge in [-0.15, -0.1) is 0 Å². The van der Waals surface area contributed by atoms with E-state index >= 15 is 0 Å². The Hall–Kier alpha value is -0.290. The van der Waals surface area contributed by atoms with Crippen LogP contribution in [0.3, 0.4) is 0 Å². The van der Waals surface area contributed by atoms with Gasteiger partial charge in [-0.2, -0.15) is 0 Å². The molecule has 92 valence electrons. The molecule has 0 radical (unpaired) electrons. The lowest BCUT2D eigenvalue weighted by Crippen LogP contribution is -2.46. The molecule has 0 spiro atoms. The van der Waals surface area contributed by atoms with Crippen molar-refractivity contribution in [3.8, 4) is 0 Å². The standard InChI is InChI=1S/C14H19IN2/c15-11-3-7-14(8-4-11)17-9-1-2-13(10-17)16-12-5-6-12/h3-4,7-8,12-13,16H,1-2,5-6,9-10H2. The van der Waals surface area contributed by atoms with Gasteiger partial charge in [0.25, 0.3) is 0 Å². The molecule has 1 aromatic rings. The van der Waals surface area contributed by atoms with Gasteiger partial charge in [-0.05, 0) is 72.5 Å². The van der Waals surface area contributed by atoms with Gasteiger partial charge < -0.3 is 10.2 Å². The Morgan fingerprint density at radius 2 is 1.82 bits per heavy atom. The van der Waals surface area contributed by atoms with Crippen molar-refractivity contribution in [3.05, 3.63) is 27.8 Å². The molecule has 2 nitrogen and oxygen atoms in total. The maximum atomic E-state index is 3.76. The van der Waals surface area contributed by atoms with Crippen LogP contribution in [0.5, 0.6) is 0 Å². The Kier molecular flexibility index (Phi) is 3.56. The predicted octanol–water partition coefficient (Wildman–Crippen LogP) is 3.01. The maximum Gasteiger partial charge on any atom is 0.0367 e. The summed E-state index contributed by atoms with van der Waals surface area (Å²) in [6.07, 6.45) is 5.44. The molecule has 1 aliphatic carbocycles. The Bertz CT molecular complexity index is 372. The molecule has 17 heavy (non-hydrogen) atoms. The lowest BCUT2D eigenvalue weighted by molar-refractivity contribution is 0.420. The molecule has 2 aliphatic rings. The van der Waals surface area contributed by atoms with Crippen LogP contribution in [0.1, 0.15) is 25.7 Å². The molecule has 1 saturated heterocycles. The molecule has 1 saturated carbocycles.